The van der Waals surface area contributed by atoms with Gasteiger partial charge in [0.05, 0.1) is 5.69 Å². The molecule has 1 N–H and O–H groups in total. The summed E-state index contributed by atoms with van der Waals surface area (Å²) >= 11 is 1.54. The lowest BCUT2D eigenvalue weighted by Crippen LogP contribution is -2.31. The van der Waals surface area contributed by atoms with Crippen LogP contribution in [0.4, 0.5) is 5.82 Å². The highest BCUT2D eigenvalue weighted by Gasteiger charge is 2.19. The van der Waals surface area contributed by atoms with Crippen molar-refractivity contribution in [1.82, 2.24) is 9.38 Å². The van der Waals surface area contributed by atoms with Crippen LogP contribution in [0.1, 0.15) is 32.4 Å². The third kappa shape index (κ3) is 2.70. The van der Waals surface area contributed by atoms with E-state index in [4.69, 9.17) is 5.11 Å². The number of imidazole rings is 1. The van der Waals surface area contributed by atoms with Gasteiger partial charge in [0.25, 0.3) is 0 Å². The van der Waals surface area contributed by atoms with Gasteiger partial charge in [-0.05, 0) is 18.9 Å². The van der Waals surface area contributed by atoms with Gasteiger partial charge in [-0.15, -0.1) is 11.3 Å². The molecule has 5 nitrogen and oxygen atoms in total. The van der Waals surface area contributed by atoms with Crippen LogP contribution in [0.25, 0.3) is 11.0 Å². The highest BCUT2D eigenvalue weighted by molar-refractivity contribution is 7.15. The average Bonchev–Trinajstić information content (AvgIpc) is 2.98. The van der Waals surface area contributed by atoms with Crippen molar-refractivity contribution in [2.24, 2.45) is 0 Å². The molecular weight excluding hydrogens is 274 g/mol. The first-order valence-corrected chi connectivity index (χ1v) is 7.55. The molecule has 6 heteroatoms. The summed E-state index contributed by atoms with van der Waals surface area (Å²) < 4.78 is 1.93. The van der Waals surface area contributed by atoms with Crippen molar-refractivity contribution >= 4 is 34.2 Å². The molecule has 0 bridgehead atoms. The minimum Gasteiger partial charge on any atom is -0.478 e. The number of nitrogens with zero attached hydrogens (tertiary/aromatic N) is 3. The fourth-order valence-electron chi connectivity index (χ4n) is 2.37. The van der Waals surface area contributed by atoms with Crippen molar-refractivity contribution in [2.75, 3.05) is 11.9 Å². The number of rotatable bonds is 6. The number of carboxylic acid groups (broad SMARTS) is 1. The Hall–Kier alpha value is -1.82. The van der Waals surface area contributed by atoms with E-state index >= 15 is 0 Å². The fourth-order valence-corrected chi connectivity index (χ4v) is 3.08. The van der Waals surface area contributed by atoms with Crippen LogP contribution in [0.2, 0.25) is 0 Å². The molecule has 2 heterocycles. The summed E-state index contributed by atoms with van der Waals surface area (Å²) in [6.07, 6.45) is 6.74. The Morgan fingerprint density at radius 2 is 2.25 bits per heavy atom. The normalized spacial score (nSPS) is 11.8. The van der Waals surface area contributed by atoms with Crippen molar-refractivity contribution in [3.8, 4) is 0 Å². The molecule has 0 radical (unpaired) electrons. The van der Waals surface area contributed by atoms with E-state index < -0.39 is 5.97 Å². The molecule has 0 aliphatic carbocycles. The Labute approximate surface area is 122 Å². The quantitative estimate of drug-likeness (QED) is 0.831. The van der Waals surface area contributed by atoms with Gasteiger partial charge in [0.15, 0.2) is 10.8 Å². The number of carbonyl (C=O) groups is 1. The van der Waals surface area contributed by atoms with Crippen LogP contribution in [-0.2, 0) is 4.79 Å². The molecule has 0 aliphatic rings. The SMILES string of the molecule is CCC(CC)N(C)c1nc2sccn2c1/C=C/C(=O)O. The zero-order chi connectivity index (χ0) is 14.7. The number of aromatic nitrogens is 2. The van der Waals surface area contributed by atoms with Crippen LogP contribution in [0.5, 0.6) is 0 Å². The van der Waals surface area contributed by atoms with Crippen molar-refractivity contribution in [2.45, 2.75) is 32.7 Å². The zero-order valence-corrected chi connectivity index (χ0v) is 12.7. The molecule has 0 atom stereocenters. The lowest BCUT2D eigenvalue weighted by atomic mass is 10.1. The topological polar surface area (TPSA) is 57.8 Å². The maximum Gasteiger partial charge on any atom is 0.328 e. The minimum absolute atomic E-state index is 0.400. The Kier molecular flexibility index (Phi) is 4.44. The van der Waals surface area contributed by atoms with E-state index in [2.05, 4.69) is 23.7 Å². The molecular formula is C14H19N3O2S. The van der Waals surface area contributed by atoms with Crippen LogP contribution in [0, 0.1) is 0 Å². The zero-order valence-electron chi connectivity index (χ0n) is 11.9. The van der Waals surface area contributed by atoms with Gasteiger partial charge in [-0.3, -0.25) is 4.40 Å². The number of aliphatic carboxylic acids is 1. The summed E-state index contributed by atoms with van der Waals surface area (Å²) in [7, 11) is 2.02. The molecule has 2 rings (SSSR count). The molecule has 0 spiro atoms. The van der Waals surface area contributed by atoms with Crippen molar-refractivity contribution in [3.05, 3.63) is 23.3 Å². The summed E-state index contributed by atoms with van der Waals surface area (Å²) in [4.78, 5) is 18.4. The van der Waals surface area contributed by atoms with Gasteiger partial charge < -0.3 is 10.0 Å². The Bertz CT molecular complexity index is 625. The highest BCUT2D eigenvalue weighted by Crippen LogP contribution is 2.27. The highest BCUT2D eigenvalue weighted by atomic mass is 32.1. The molecule has 0 amide bonds. The van der Waals surface area contributed by atoms with Gasteiger partial charge in [0.1, 0.15) is 0 Å². The average molecular weight is 293 g/mol. The van der Waals surface area contributed by atoms with Crippen molar-refractivity contribution in [1.29, 1.82) is 0 Å². The second-order valence-corrected chi connectivity index (χ2v) is 5.50. The van der Waals surface area contributed by atoms with Gasteiger partial charge >= 0.3 is 5.97 Å². The van der Waals surface area contributed by atoms with Gasteiger partial charge in [-0.2, -0.15) is 0 Å². The monoisotopic (exact) mass is 293 g/mol. The summed E-state index contributed by atoms with van der Waals surface area (Å²) in [6.45, 7) is 4.30. The smallest absolute Gasteiger partial charge is 0.328 e. The third-order valence-electron chi connectivity index (χ3n) is 3.49. The molecule has 108 valence electrons. The van der Waals surface area contributed by atoms with Crippen LogP contribution >= 0.6 is 11.3 Å². The first-order chi connectivity index (χ1) is 9.58. The largest absolute Gasteiger partial charge is 0.478 e. The van der Waals surface area contributed by atoms with Crippen LogP contribution in [0.3, 0.4) is 0 Å². The van der Waals surface area contributed by atoms with E-state index in [0.717, 1.165) is 35.4 Å². The molecule has 0 unspecified atom stereocenters. The molecule has 0 aliphatic heterocycles. The predicted molar refractivity (Wildman–Crippen MR) is 82.5 cm³/mol. The van der Waals surface area contributed by atoms with Crippen LogP contribution in [0.15, 0.2) is 17.7 Å². The maximum absolute atomic E-state index is 10.8. The molecule has 0 saturated heterocycles. The standard InChI is InChI=1S/C14H19N3O2S/c1-4-10(5-2)16(3)13-11(6-7-12(18)19)17-8-9-20-14(17)15-13/h6-10H,4-5H2,1-3H3,(H,18,19)/b7-6+. The van der Waals surface area contributed by atoms with E-state index in [9.17, 15) is 4.79 Å². The summed E-state index contributed by atoms with van der Waals surface area (Å²) in [5, 5.41) is 10.8. The maximum atomic E-state index is 10.8. The lowest BCUT2D eigenvalue weighted by molar-refractivity contribution is -0.131. The first-order valence-electron chi connectivity index (χ1n) is 6.67. The summed E-state index contributed by atoms with van der Waals surface area (Å²) in [5.41, 5.74) is 0.818. The second kappa shape index (κ2) is 6.09. The Morgan fingerprint density at radius 1 is 1.55 bits per heavy atom. The molecule has 2 aromatic rings. The van der Waals surface area contributed by atoms with E-state index in [1.54, 1.807) is 17.4 Å². The number of hydrogen-bond donors (Lipinski definition) is 1. The number of carboxylic acids is 1. The third-order valence-corrected chi connectivity index (χ3v) is 4.24. The van der Waals surface area contributed by atoms with Gasteiger partial charge in [0.2, 0.25) is 0 Å². The molecule has 0 aromatic carbocycles. The van der Waals surface area contributed by atoms with Gasteiger partial charge in [-0.1, -0.05) is 13.8 Å². The number of hydrogen-bond acceptors (Lipinski definition) is 4. The van der Waals surface area contributed by atoms with Crippen LogP contribution in [-0.4, -0.2) is 33.6 Å². The van der Waals surface area contributed by atoms with E-state index in [0.29, 0.717) is 6.04 Å². The lowest BCUT2D eigenvalue weighted by Gasteiger charge is -2.26. The number of thiazole rings is 1. The van der Waals surface area contributed by atoms with Crippen LogP contribution < -0.4 is 4.90 Å². The molecule has 0 saturated carbocycles. The minimum atomic E-state index is -0.952. The van der Waals surface area contributed by atoms with E-state index in [-0.39, 0.29) is 0 Å². The van der Waals surface area contributed by atoms with Gasteiger partial charge in [-0.25, -0.2) is 9.78 Å². The van der Waals surface area contributed by atoms with E-state index in [1.165, 1.54) is 0 Å². The Balaban J connectivity index is 2.48. The molecule has 20 heavy (non-hydrogen) atoms. The molecule has 0 fully saturated rings. The van der Waals surface area contributed by atoms with Crippen molar-refractivity contribution < 1.29 is 9.90 Å². The molecule has 2 aromatic heterocycles. The van der Waals surface area contributed by atoms with Crippen molar-refractivity contribution in [3.63, 3.8) is 0 Å². The van der Waals surface area contributed by atoms with Gasteiger partial charge in [0, 0.05) is 30.7 Å². The predicted octanol–water partition coefficient (Wildman–Crippen LogP) is 3.12. The fraction of sp³-hybridized carbons (Fsp3) is 0.429. The Morgan fingerprint density at radius 3 is 2.85 bits per heavy atom. The number of fused-ring (bicyclic) bond motifs is 1. The second-order valence-electron chi connectivity index (χ2n) is 4.63. The summed E-state index contributed by atoms with van der Waals surface area (Å²) in [6, 6.07) is 0.400. The first kappa shape index (κ1) is 14.6. The summed E-state index contributed by atoms with van der Waals surface area (Å²) in [5.74, 6) is -0.116. The van der Waals surface area contributed by atoms with E-state index in [1.807, 2.05) is 23.0 Å². The number of anilines is 1.